The second-order valence-electron chi connectivity index (χ2n) is 8.26. The van der Waals surface area contributed by atoms with E-state index in [1.54, 1.807) is 7.11 Å². The maximum atomic E-state index is 10.6. The number of benzene rings is 2. The van der Waals surface area contributed by atoms with Crippen LogP contribution in [-0.4, -0.2) is 43.6 Å². The minimum Gasteiger partial charge on any atom is -0.497 e. The Kier molecular flexibility index (Phi) is 5.97. The molecule has 0 aromatic heterocycles. The van der Waals surface area contributed by atoms with Gasteiger partial charge < -0.3 is 24.1 Å². The highest BCUT2D eigenvalue weighted by atomic mass is 16.5. The number of ether oxygens (including phenoxy) is 4. The van der Waals surface area contributed by atoms with Crippen molar-refractivity contribution in [3.8, 4) is 17.2 Å². The average Bonchev–Trinajstić information content (AvgIpc) is 2.78. The van der Waals surface area contributed by atoms with Crippen molar-refractivity contribution in [2.75, 3.05) is 26.9 Å². The molecule has 0 atom stereocenters. The highest BCUT2D eigenvalue weighted by Crippen LogP contribution is 2.52. The van der Waals surface area contributed by atoms with Crippen LogP contribution in [0.3, 0.4) is 0 Å². The van der Waals surface area contributed by atoms with Gasteiger partial charge in [0.15, 0.2) is 0 Å². The Morgan fingerprint density at radius 2 is 1.73 bits per heavy atom. The van der Waals surface area contributed by atoms with Crippen molar-refractivity contribution < 1.29 is 28.8 Å². The summed E-state index contributed by atoms with van der Waals surface area (Å²) in [4.78, 5) is 10.6. The first kappa shape index (κ1) is 20.7. The molecule has 1 saturated carbocycles. The van der Waals surface area contributed by atoms with Gasteiger partial charge in [-0.2, -0.15) is 0 Å². The first-order chi connectivity index (χ1) is 14.5. The third kappa shape index (κ3) is 4.45. The van der Waals surface area contributed by atoms with Gasteiger partial charge in [0.05, 0.1) is 25.9 Å². The van der Waals surface area contributed by atoms with Gasteiger partial charge in [-0.25, -0.2) is 4.79 Å². The summed E-state index contributed by atoms with van der Waals surface area (Å²) in [6.45, 7) is 0.845. The first-order valence-corrected chi connectivity index (χ1v) is 10.4. The number of methoxy groups -OCH3 is 1. The summed E-state index contributed by atoms with van der Waals surface area (Å²) in [6.07, 6.45) is 4.77. The van der Waals surface area contributed by atoms with Gasteiger partial charge in [0.2, 0.25) is 0 Å². The van der Waals surface area contributed by atoms with Crippen LogP contribution in [0.5, 0.6) is 17.2 Å². The number of rotatable bonds is 9. The predicted molar refractivity (Wildman–Crippen MR) is 111 cm³/mol. The third-order valence-electron chi connectivity index (χ3n) is 6.42. The van der Waals surface area contributed by atoms with Crippen LogP contribution in [0.1, 0.15) is 37.7 Å². The Morgan fingerprint density at radius 3 is 2.40 bits per heavy atom. The molecule has 0 spiro atoms. The number of carboxylic acid groups (broad SMARTS) is 1. The first-order valence-electron chi connectivity index (χ1n) is 10.4. The lowest BCUT2D eigenvalue weighted by Gasteiger charge is -2.53. The Labute approximate surface area is 176 Å². The molecule has 1 N–H and O–H groups in total. The van der Waals surface area contributed by atoms with Gasteiger partial charge in [0, 0.05) is 11.5 Å². The van der Waals surface area contributed by atoms with E-state index in [0.717, 1.165) is 49.4 Å². The van der Waals surface area contributed by atoms with Crippen molar-refractivity contribution in [2.45, 2.75) is 43.1 Å². The summed E-state index contributed by atoms with van der Waals surface area (Å²) in [7, 11) is 1.64. The van der Waals surface area contributed by atoms with Gasteiger partial charge in [-0.15, -0.1) is 0 Å². The zero-order valence-corrected chi connectivity index (χ0v) is 17.3. The van der Waals surface area contributed by atoms with Gasteiger partial charge in [-0.3, -0.25) is 0 Å². The molecule has 160 valence electrons. The topological polar surface area (TPSA) is 74.2 Å². The zero-order valence-electron chi connectivity index (χ0n) is 17.3. The Morgan fingerprint density at radius 1 is 1.03 bits per heavy atom. The second-order valence-corrected chi connectivity index (χ2v) is 8.26. The Balaban J connectivity index is 1.41. The lowest BCUT2D eigenvalue weighted by molar-refractivity contribution is -0.168. The van der Waals surface area contributed by atoms with Crippen LogP contribution in [0, 0.1) is 0 Å². The molecule has 3 aliphatic rings. The number of fused-ring (bicyclic) bond motifs is 3. The summed E-state index contributed by atoms with van der Waals surface area (Å²) in [5.41, 5.74) is 1.09. The van der Waals surface area contributed by atoms with Crippen LogP contribution in [0.25, 0.3) is 0 Å². The molecule has 3 fully saturated rings. The molecule has 6 nitrogen and oxygen atoms in total. The minimum atomic E-state index is -0.934. The van der Waals surface area contributed by atoms with E-state index in [-0.39, 0.29) is 17.6 Å². The van der Waals surface area contributed by atoms with E-state index in [1.807, 2.05) is 36.4 Å². The highest BCUT2D eigenvalue weighted by molar-refractivity contribution is 5.67. The summed E-state index contributed by atoms with van der Waals surface area (Å²) < 4.78 is 22.9. The molecule has 2 heterocycles. The molecule has 1 aliphatic carbocycles. The lowest BCUT2D eigenvalue weighted by Crippen LogP contribution is -2.53. The smallest absolute Gasteiger partial charge is 0.329 e. The molecule has 2 saturated heterocycles. The summed E-state index contributed by atoms with van der Waals surface area (Å²) >= 11 is 0. The molecule has 0 unspecified atom stereocenters. The number of aliphatic carboxylic acids is 1. The van der Waals surface area contributed by atoms with Crippen LogP contribution in [0.2, 0.25) is 0 Å². The van der Waals surface area contributed by atoms with Crippen LogP contribution >= 0.6 is 0 Å². The normalized spacial score (nSPS) is 25.1. The fourth-order valence-corrected chi connectivity index (χ4v) is 4.57. The molecule has 30 heavy (non-hydrogen) atoms. The van der Waals surface area contributed by atoms with Crippen LogP contribution in [0.15, 0.2) is 48.5 Å². The summed E-state index contributed by atoms with van der Waals surface area (Å²) in [6, 6.07) is 15.9. The zero-order chi connectivity index (χ0) is 21.0. The monoisotopic (exact) mass is 412 g/mol. The summed E-state index contributed by atoms with van der Waals surface area (Å²) in [5.74, 6) is 1.38. The van der Waals surface area contributed by atoms with Gasteiger partial charge >= 0.3 is 5.97 Å². The molecule has 2 bridgehead atoms. The number of hydrogen-bond donors (Lipinski definition) is 1. The van der Waals surface area contributed by atoms with E-state index in [1.165, 1.54) is 5.56 Å². The molecular formula is C24H28O6. The van der Waals surface area contributed by atoms with Crippen molar-refractivity contribution in [1.82, 2.24) is 0 Å². The fraction of sp³-hybridized carbons (Fsp3) is 0.458. The standard InChI is InChI=1S/C24H28O6/c1-27-19-5-3-7-21(15-19)30-20-6-2-4-18(14-20)23-8-10-24(11-9-23,29-17-23)12-13-28-16-22(25)26/h2-7,14-15H,8-13,16-17H2,1H3,(H,25,26). The molecule has 2 aromatic carbocycles. The van der Waals surface area contributed by atoms with Gasteiger partial charge in [0.25, 0.3) is 0 Å². The largest absolute Gasteiger partial charge is 0.497 e. The maximum Gasteiger partial charge on any atom is 0.329 e. The molecule has 0 radical (unpaired) electrons. The third-order valence-corrected chi connectivity index (χ3v) is 6.42. The van der Waals surface area contributed by atoms with Crippen molar-refractivity contribution >= 4 is 5.97 Å². The van der Waals surface area contributed by atoms with Gasteiger partial charge in [0.1, 0.15) is 23.9 Å². The van der Waals surface area contributed by atoms with E-state index < -0.39 is 5.97 Å². The number of hydrogen-bond acceptors (Lipinski definition) is 5. The van der Waals surface area contributed by atoms with Gasteiger partial charge in [-0.1, -0.05) is 18.2 Å². The van der Waals surface area contributed by atoms with Crippen molar-refractivity contribution in [3.05, 3.63) is 54.1 Å². The van der Waals surface area contributed by atoms with Crippen molar-refractivity contribution in [1.29, 1.82) is 0 Å². The van der Waals surface area contributed by atoms with E-state index >= 15 is 0 Å². The SMILES string of the molecule is COc1cccc(Oc2cccc(C34CCC(CCOCC(=O)O)(CC3)OC4)c2)c1. The molecule has 2 aliphatic heterocycles. The van der Waals surface area contributed by atoms with Crippen LogP contribution in [-0.2, 0) is 19.7 Å². The van der Waals surface area contributed by atoms with Crippen molar-refractivity contribution in [3.63, 3.8) is 0 Å². The quantitative estimate of drug-likeness (QED) is 0.609. The lowest BCUT2D eigenvalue weighted by atomic mass is 9.62. The Bertz CT molecular complexity index is 868. The fourth-order valence-electron chi connectivity index (χ4n) is 4.57. The summed E-state index contributed by atoms with van der Waals surface area (Å²) in [5, 5.41) is 8.71. The Hall–Kier alpha value is -2.57. The van der Waals surface area contributed by atoms with Crippen molar-refractivity contribution in [2.24, 2.45) is 0 Å². The second kappa shape index (κ2) is 8.66. The molecule has 6 heteroatoms. The number of carbonyl (C=O) groups is 1. The highest BCUT2D eigenvalue weighted by Gasteiger charge is 2.50. The molecule has 5 rings (SSSR count). The molecule has 0 amide bonds. The average molecular weight is 412 g/mol. The minimum absolute atomic E-state index is 0.0113. The van der Waals surface area contributed by atoms with Gasteiger partial charge in [-0.05, 0) is 61.9 Å². The van der Waals surface area contributed by atoms with E-state index in [9.17, 15) is 4.79 Å². The molecule has 2 aromatic rings. The van der Waals surface area contributed by atoms with Crippen LogP contribution in [0.4, 0.5) is 0 Å². The predicted octanol–water partition coefficient (Wildman–Crippen LogP) is 4.56. The maximum absolute atomic E-state index is 10.6. The van der Waals surface area contributed by atoms with Crippen LogP contribution < -0.4 is 9.47 Å². The van der Waals surface area contributed by atoms with E-state index in [0.29, 0.717) is 13.2 Å². The number of carboxylic acids is 1. The molecular weight excluding hydrogens is 384 g/mol. The van der Waals surface area contributed by atoms with E-state index in [4.69, 9.17) is 24.1 Å². The van der Waals surface area contributed by atoms with E-state index in [2.05, 4.69) is 12.1 Å².